The predicted molar refractivity (Wildman–Crippen MR) is 71.7 cm³/mol. The molecule has 0 unspecified atom stereocenters. The fourth-order valence-electron chi connectivity index (χ4n) is 1.51. The Morgan fingerprint density at radius 2 is 1.71 bits per heavy atom. The summed E-state index contributed by atoms with van der Waals surface area (Å²) in [5.74, 6) is 1.91. The summed E-state index contributed by atoms with van der Waals surface area (Å²) in [7, 11) is -2.56. The Labute approximate surface area is 105 Å². The van der Waals surface area contributed by atoms with Crippen LogP contribution in [0.4, 0.5) is 0 Å². The average molecular weight is 258 g/mol. The average Bonchev–Trinajstić information content (AvgIpc) is 2.15. The van der Waals surface area contributed by atoms with Gasteiger partial charge in [0.15, 0.2) is 5.60 Å². The maximum absolute atomic E-state index is 12.6. The van der Waals surface area contributed by atoms with E-state index in [1.807, 2.05) is 27.7 Å². The second-order valence-electron chi connectivity index (χ2n) is 5.33. The third-order valence-corrected chi connectivity index (χ3v) is 7.09. The smallest absolute Gasteiger partial charge is 0.314 e. The van der Waals surface area contributed by atoms with E-state index in [0.717, 1.165) is 0 Å². The minimum Gasteiger partial charge on any atom is -0.446 e. The van der Waals surface area contributed by atoms with Crippen molar-refractivity contribution < 1.29 is 14.1 Å². The van der Waals surface area contributed by atoms with Gasteiger partial charge in [0.25, 0.3) is 0 Å². The standard InChI is InChI=1S/C13H23O3P/c1-8-13(6,7)16-12(14)9-17(15,10(2)3)11(4)5/h1,10-11H,9H2,2-7H3. The van der Waals surface area contributed by atoms with Crippen molar-refractivity contribution in [3.63, 3.8) is 0 Å². The maximum Gasteiger partial charge on any atom is 0.314 e. The van der Waals surface area contributed by atoms with E-state index < -0.39 is 18.7 Å². The molecule has 98 valence electrons. The van der Waals surface area contributed by atoms with Gasteiger partial charge in [-0.3, -0.25) is 4.79 Å². The Morgan fingerprint density at radius 3 is 2.00 bits per heavy atom. The van der Waals surface area contributed by atoms with E-state index >= 15 is 0 Å². The van der Waals surface area contributed by atoms with Crippen LogP contribution in [0, 0.1) is 12.3 Å². The fraction of sp³-hybridized carbons (Fsp3) is 0.769. The Balaban J connectivity index is 4.79. The van der Waals surface area contributed by atoms with Gasteiger partial charge in [0, 0.05) is 11.3 Å². The van der Waals surface area contributed by atoms with E-state index in [4.69, 9.17) is 11.2 Å². The molecular weight excluding hydrogens is 235 g/mol. The fourth-order valence-corrected chi connectivity index (χ4v) is 3.90. The molecule has 0 aliphatic rings. The van der Waals surface area contributed by atoms with Crippen LogP contribution in [0.15, 0.2) is 0 Å². The highest BCUT2D eigenvalue weighted by molar-refractivity contribution is 7.66. The molecule has 0 bridgehead atoms. The van der Waals surface area contributed by atoms with Crippen LogP contribution >= 0.6 is 7.14 Å². The van der Waals surface area contributed by atoms with Crippen molar-refractivity contribution in [2.45, 2.75) is 58.5 Å². The first kappa shape index (κ1) is 16.3. The van der Waals surface area contributed by atoms with Gasteiger partial charge in [-0.1, -0.05) is 33.6 Å². The highest BCUT2D eigenvalue weighted by Gasteiger charge is 2.35. The summed E-state index contributed by atoms with van der Waals surface area (Å²) in [4.78, 5) is 11.8. The molecule has 0 aromatic carbocycles. The molecule has 0 aromatic rings. The molecule has 0 aliphatic carbocycles. The number of esters is 1. The van der Waals surface area contributed by atoms with E-state index in [-0.39, 0.29) is 17.5 Å². The molecule has 4 heteroatoms. The number of hydrogen-bond acceptors (Lipinski definition) is 3. The summed E-state index contributed by atoms with van der Waals surface area (Å²) in [6.45, 7) is 10.8. The Morgan fingerprint density at radius 1 is 1.29 bits per heavy atom. The summed E-state index contributed by atoms with van der Waals surface area (Å²) >= 11 is 0. The highest BCUT2D eigenvalue weighted by Crippen LogP contribution is 2.54. The molecule has 0 saturated heterocycles. The molecule has 0 atom stereocenters. The van der Waals surface area contributed by atoms with Crippen LogP contribution in [0.5, 0.6) is 0 Å². The summed E-state index contributed by atoms with van der Waals surface area (Å²) in [6, 6.07) is 0. The topological polar surface area (TPSA) is 43.4 Å². The SMILES string of the molecule is C#CC(C)(C)OC(=O)CP(=O)(C(C)C)C(C)C. The number of carbonyl (C=O) groups is 1. The van der Waals surface area contributed by atoms with Gasteiger partial charge in [0.05, 0.1) is 6.16 Å². The summed E-state index contributed by atoms with van der Waals surface area (Å²) in [5, 5.41) is 0. The largest absolute Gasteiger partial charge is 0.446 e. The molecule has 0 rings (SSSR count). The zero-order valence-corrected chi connectivity index (χ0v) is 12.5. The molecule has 0 heterocycles. The quantitative estimate of drug-likeness (QED) is 0.432. The minimum atomic E-state index is -2.56. The van der Waals surface area contributed by atoms with Crippen molar-refractivity contribution in [1.29, 1.82) is 0 Å². The van der Waals surface area contributed by atoms with Crippen LogP contribution in [-0.4, -0.2) is 29.1 Å². The van der Waals surface area contributed by atoms with Gasteiger partial charge >= 0.3 is 5.97 Å². The van der Waals surface area contributed by atoms with E-state index in [1.165, 1.54) is 0 Å². The second kappa shape index (κ2) is 5.74. The number of carbonyl (C=O) groups excluding carboxylic acids is 1. The molecule has 0 amide bonds. The Bertz CT molecular complexity index is 349. The molecule has 0 saturated carbocycles. The lowest BCUT2D eigenvalue weighted by atomic mass is 10.1. The molecule has 0 fully saturated rings. The predicted octanol–water partition coefficient (Wildman–Crippen LogP) is 3.12. The van der Waals surface area contributed by atoms with Crippen molar-refractivity contribution >= 4 is 13.1 Å². The maximum atomic E-state index is 12.6. The van der Waals surface area contributed by atoms with Gasteiger partial charge in [-0.05, 0) is 13.8 Å². The van der Waals surface area contributed by atoms with Crippen LogP contribution in [0.25, 0.3) is 0 Å². The van der Waals surface area contributed by atoms with Gasteiger partial charge in [-0.2, -0.15) is 0 Å². The van der Waals surface area contributed by atoms with Gasteiger partial charge in [-0.25, -0.2) is 0 Å². The summed E-state index contributed by atoms with van der Waals surface area (Å²) < 4.78 is 17.8. The van der Waals surface area contributed by atoms with Crippen LogP contribution in [0.2, 0.25) is 0 Å². The Kier molecular flexibility index (Phi) is 5.49. The Hall–Kier alpha value is -0.740. The number of hydrogen-bond donors (Lipinski definition) is 0. The van der Waals surface area contributed by atoms with E-state index in [0.29, 0.717) is 0 Å². The molecule has 0 spiro atoms. The van der Waals surface area contributed by atoms with Gasteiger partial charge in [0.2, 0.25) is 0 Å². The van der Waals surface area contributed by atoms with E-state index in [9.17, 15) is 9.36 Å². The zero-order valence-electron chi connectivity index (χ0n) is 11.6. The molecule has 0 aromatic heterocycles. The van der Waals surface area contributed by atoms with Gasteiger partial charge in [-0.15, -0.1) is 6.42 Å². The van der Waals surface area contributed by atoms with Crippen LogP contribution in [0.3, 0.4) is 0 Å². The number of ether oxygens (including phenoxy) is 1. The summed E-state index contributed by atoms with van der Waals surface area (Å²) in [6.07, 6.45) is 5.21. The monoisotopic (exact) mass is 258 g/mol. The first-order valence-corrected chi connectivity index (χ1v) is 7.86. The minimum absolute atomic E-state index is 0.0241. The van der Waals surface area contributed by atoms with Gasteiger partial charge in [0.1, 0.15) is 7.14 Å². The van der Waals surface area contributed by atoms with Crippen molar-refractivity contribution in [3.05, 3.63) is 0 Å². The third kappa shape index (κ3) is 4.56. The summed E-state index contributed by atoms with van der Waals surface area (Å²) in [5.41, 5.74) is -0.983. The molecule has 0 radical (unpaired) electrons. The molecule has 0 aliphatic heterocycles. The lowest BCUT2D eigenvalue weighted by Gasteiger charge is -2.27. The van der Waals surface area contributed by atoms with Crippen LogP contribution in [-0.2, 0) is 14.1 Å². The van der Waals surface area contributed by atoms with E-state index in [2.05, 4.69) is 5.92 Å². The molecule has 3 nitrogen and oxygen atoms in total. The van der Waals surface area contributed by atoms with Crippen molar-refractivity contribution in [2.75, 3.05) is 6.16 Å². The van der Waals surface area contributed by atoms with Crippen LogP contribution in [0.1, 0.15) is 41.5 Å². The highest BCUT2D eigenvalue weighted by atomic mass is 31.2. The molecular formula is C13H23O3P. The first-order chi connectivity index (χ1) is 7.55. The van der Waals surface area contributed by atoms with Crippen molar-refractivity contribution in [1.82, 2.24) is 0 Å². The van der Waals surface area contributed by atoms with Crippen molar-refractivity contribution in [3.8, 4) is 12.3 Å². The molecule has 17 heavy (non-hydrogen) atoms. The third-order valence-electron chi connectivity index (χ3n) is 2.84. The van der Waals surface area contributed by atoms with Gasteiger partial charge < -0.3 is 9.30 Å². The molecule has 0 N–H and O–H groups in total. The second-order valence-corrected chi connectivity index (χ2v) is 9.42. The van der Waals surface area contributed by atoms with E-state index in [1.54, 1.807) is 13.8 Å². The number of rotatable bonds is 5. The van der Waals surface area contributed by atoms with Crippen LogP contribution < -0.4 is 0 Å². The lowest BCUT2D eigenvalue weighted by Crippen LogP contribution is -2.29. The lowest BCUT2D eigenvalue weighted by molar-refractivity contribution is -0.148. The number of terminal acetylenes is 1. The first-order valence-electron chi connectivity index (χ1n) is 5.83. The van der Waals surface area contributed by atoms with Crippen molar-refractivity contribution in [2.24, 2.45) is 0 Å². The zero-order chi connectivity index (χ0) is 13.9. The normalized spacial score (nSPS) is 12.6.